The molecule has 0 unspecified atom stereocenters. The average Bonchev–Trinajstić information content (AvgIpc) is 2.71. The number of rotatable bonds is 3. The molecule has 0 radical (unpaired) electrons. The lowest BCUT2D eigenvalue weighted by Gasteiger charge is -2.13. The van der Waals surface area contributed by atoms with Crippen LogP contribution in [0.1, 0.15) is 36.0 Å². The monoisotopic (exact) mass is 206 g/mol. The molecule has 1 aromatic carbocycles. The number of hydrogen-bond donors (Lipinski definition) is 1. The third kappa shape index (κ3) is 2.29. The van der Waals surface area contributed by atoms with E-state index in [1.165, 1.54) is 18.9 Å². The minimum Gasteiger partial charge on any atom is -0.507 e. The maximum atomic E-state index is 10.5. The highest BCUT2D eigenvalue weighted by atomic mass is 16.5. The largest absolute Gasteiger partial charge is 0.507 e. The van der Waals surface area contributed by atoms with Crippen molar-refractivity contribution in [1.29, 1.82) is 0 Å². The van der Waals surface area contributed by atoms with Crippen LogP contribution in [0.5, 0.6) is 11.5 Å². The third-order valence-electron chi connectivity index (χ3n) is 2.73. The third-order valence-corrected chi connectivity index (χ3v) is 2.73. The molecule has 1 N–H and O–H groups in total. The van der Waals surface area contributed by atoms with E-state index >= 15 is 0 Å². The number of phenolic OH excluding ortho intramolecular Hbond substituents is 1. The number of aldehydes is 1. The van der Waals surface area contributed by atoms with Crippen molar-refractivity contribution in [3.63, 3.8) is 0 Å². The van der Waals surface area contributed by atoms with Crippen LogP contribution in [-0.2, 0) is 0 Å². The molecule has 1 saturated carbocycles. The Bertz CT molecular complexity index is 354. The van der Waals surface area contributed by atoms with Crippen LogP contribution >= 0.6 is 0 Å². The van der Waals surface area contributed by atoms with Crippen LogP contribution in [0.3, 0.4) is 0 Å². The van der Waals surface area contributed by atoms with E-state index in [2.05, 4.69) is 0 Å². The smallest absolute Gasteiger partial charge is 0.153 e. The highest BCUT2D eigenvalue weighted by Gasteiger charge is 2.16. The van der Waals surface area contributed by atoms with Crippen molar-refractivity contribution in [2.45, 2.75) is 31.8 Å². The molecule has 80 valence electrons. The molecule has 15 heavy (non-hydrogen) atoms. The number of benzene rings is 1. The second-order valence-electron chi connectivity index (χ2n) is 3.86. The lowest BCUT2D eigenvalue weighted by Crippen LogP contribution is -2.10. The van der Waals surface area contributed by atoms with E-state index < -0.39 is 0 Å². The van der Waals surface area contributed by atoms with Gasteiger partial charge in [-0.1, -0.05) is 0 Å². The topological polar surface area (TPSA) is 46.5 Å². The zero-order chi connectivity index (χ0) is 10.7. The number of hydrogen-bond acceptors (Lipinski definition) is 3. The molecule has 3 heteroatoms. The molecule has 3 nitrogen and oxygen atoms in total. The molecule has 0 saturated heterocycles. The van der Waals surface area contributed by atoms with Gasteiger partial charge in [-0.3, -0.25) is 4.79 Å². The summed E-state index contributed by atoms with van der Waals surface area (Å²) >= 11 is 0. The number of phenols is 1. The van der Waals surface area contributed by atoms with Gasteiger partial charge in [0.2, 0.25) is 0 Å². The molecule has 0 atom stereocenters. The average molecular weight is 206 g/mol. The first-order valence-corrected chi connectivity index (χ1v) is 5.24. The zero-order valence-electron chi connectivity index (χ0n) is 8.48. The predicted octanol–water partition coefficient (Wildman–Crippen LogP) is 2.53. The molecular formula is C12H14O3. The maximum absolute atomic E-state index is 10.5. The minimum atomic E-state index is -0.0134. The van der Waals surface area contributed by atoms with E-state index in [0.717, 1.165) is 12.8 Å². The van der Waals surface area contributed by atoms with E-state index in [-0.39, 0.29) is 11.9 Å². The highest BCUT2D eigenvalue weighted by molar-refractivity contribution is 5.79. The summed E-state index contributed by atoms with van der Waals surface area (Å²) in [7, 11) is 0. The lowest BCUT2D eigenvalue weighted by molar-refractivity contribution is 0.112. The molecule has 1 aliphatic carbocycles. The van der Waals surface area contributed by atoms with Gasteiger partial charge >= 0.3 is 0 Å². The molecule has 0 heterocycles. The second-order valence-corrected chi connectivity index (χ2v) is 3.86. The molecule has 0 spiro atoms. The van der Waals surface area contributed by atoms with Crippen molar-refractivity contribution in [1.82, 2.24) is 0 Å². The molecule has 0 amide bonds. The van der Waals surface area contributed by atoms with Gasteiger partial charge in [0.05, 0.1) is 11.7 Å². The van der Waals surface area contributed by atoms with Gasteiger partial charge in [0, 0.05) is 6.07 Å². The van der Waals surface area contributed by atoms with Crippen LogP contribution in [0.4, 0.5) is 0 Å². The molecule has 2 rings (SSSR count). The van der Waals surface area contributed by atoms with E-state index in [0.29, 0.717) is 17.6 Å². The molecule has 1 aromatic rings. The molecule has 0 aliphatic heterocycles. The van der Waals surface area contributed by atoms with Crippen LogP contribution in [0.25, 0.3) is 0 Å². The highest BCUT2D eigenvalue weighted by Crippen LogP contribution is 2.27. The van der Waals surface area contributed by atoms with Crippen molar-refractivity contribution >= 4 is 6.29 Å². The lowest BCUT2D eigenvalue weighted by atomic mass is 10.2. The number of aromatic hydroxyl groups is 1. The van der Waals surface area contributed by atoms with Gasteiger partial charge in [-0.15, -0.1) is 0 Å². The van der Waals surface area contributed by atoms with Gasteiger partial charge in [-0.25, -0.2) is 0 Å². The van der Waals surface area contributed by atoms with Crippen molar-refractivity contribution in [2.75, 3.05) is 0 Å². The zero-order valence-corrected chi connectivity index (χ0v) is 8.48. The van der Waals surface area contributed by atoms with Gasteiger partial charge in [0.1, 0.15) is 11.5 Å². The first kappa shape index (κ1) is 10.0. The first-order chi connectivity index (χ1) is 7.29. The summed E-state index contributed by atoms with van der Waals surface area (Å²) in [5, 5.41) is 9.45. The number of carbonyl (C=O) groups is 1. The summed E-state index contributed by atoms with van der Waals surface area (Å²) in [4.78, 5) is 10.5. The molecule has 0 bridgehead atoms. The van der Waals surface area contributed by atoms with Gasteiger partial charge in [0.15, 0.2) is 6.29 Å². The Morgan fingerprint density at radius 2 is 2.07 bits per heavy atom. The fourth-order valence-corrected chi connectivity index (χ4v) is 1.90. The van der Waals surface area contributed by atoms with E-state index in [1.807, 2.05) is 0 Å². The number of carbonyl (C=O) groups excluding carboxylic acids is 1. The standard InChI is InChI=1S/C12H14O3/c13-8-9-5-6-11(7-12(9)14)15-10-3-1-2-4-10/h5-8,10,14H,1-4H2. The van der Waals surface area contributed by atoms with E-state index in [4.69, 9.17) is 4.74 Å². The van der Waals surface area contributed by atoms with Crippen LogP contribution in [-0.4, -0.2) is 17.5 Å². The van der Waals surface area contributed by atoms with Crippen molar-refractivity contribution in [3.8, 4) is 11.5 Å². The van der Waals surface area contributed by atoms with Crippen molar-refractivity contribution in [2.24, 2.45) is 0 Å². The summed E-state index contributed by atoms with van der Waals surface area (Å²) in [5.74, 6) is 0.630. The molecule has 1 fully saturated rings. The Kier molecular flexibility index (Phi) is 2.90. The van der Waals surface area contributed by atoms with E-state index in [9.17, 15) is 9.90 Å². The molecule has 1 aliphatic rings. The Morgan fingerprint density at radius 3 is 2.67 bits per heavy atom. The summed E-state index contributed by atoms with van der Waals surface area (Å²) in [6.07, 6.45) is 5.49. The quantitative estimate of drug-likeness (QED) is 0.773. The first-order valence-electron chi connectivity index (χ1n) is 5.24. The second kappa shape index (κ2) is 4.34. The summed E-state index contributed by atoms with van der Waals surface area (Å²) in [6.45, 7) is 0. The van der Waals surface area contributed by atoms with Crippen LogP contribution in [0.2, 0.25) is 0 Å². The van der Waals surface area contributed by atoms with Gasteiger partial charge in [0.25, 0.3) is 0 Å². The Morgan fingerprint density at radius 1 is 1.33 bits per heavy atom. The summed E-state index contributed by atoms with van der Waals surface area (Å²) < 4.78 is 5.68. The van der Waals surface area contributed by atoms with Gasteiger partial charge < -0.3 is 9.84 Å². The number of ether oxygens (including phenoxy) is 1. The van der Waals surface area contributed by atoms with Gasteiger partial charge in [-0.2, -0.15) is 0 Å². The van der Waals surface area contributed by atoms with Crippen LogP contribution in [0, 0.1) is 0 Å². The SMILES string of the molecule is O=Cc1ccc(OC2CCCC2)cc1O. The fraction of sp³-hybridized carbons (Fsp3) is 0.417. The maximum Gasteiger partial charge on any atom is 0.153 e. The predicted molar refractivity (Wildman–Crippen MR) is 56.4 cm³/mol. The Hall–Kier alpha value is -1.51. The van der Waals surface area contributed by atoms with E-state index in [1.54, 1.807) is 12.1 Å². The fourth-order valence-electron chi connectivity index (χ4n) is 1.90. The van der Waals surface area contributed by atoms with Crippen molar-refractivity contribution < 1.29 is 14.6 Å². The van der Waals surface area contributed by atoms with Gasteiger partial charge in [-0.05, 0) is 37.8 Å². The van der Waals surface area contributed by atoms with Crippen molar-refractivity contribution in [3.05, 3.63) is 23.8 Å². The van der Waals surface area contributed by atoms with Crippen LogP contribution < -0.4 is 4.74 Å². The molecule has 0 aromatic heterocycles. The van der Waals surface area contributed by atoms with Crippen LogP contribution in [0.15, 0.2) is 18.2 Å². The molecular weight excluding hydrogens is 192 g/mol. The Balaban J connectivity index is 2.08. The summed E-state index contributed by atoms with van der Waals surface area (Å²) in [6, 6.07) is 4.80. The summed E-state index contributed by atoms with van der Waals surface area (Å²) in [5.41, 5.74) is 0.300. The minimum absolute atomic E-state index is 0.0134. The Labute approximate surface area is 88.7 Å². The normalized spacial score (nSPS) is 16.5.